The summed E-state index contributed by atoms with van der Waals surface area (Å²) in [5.41, 5.74) is 0.587. The average Bonchev–Trinajstić information content (AvgIpc) is 2.60. The summed E-state index contributed by atoms with van der Waals surface area (Å²) >= 11 is 0. The standard InChI is InChI=1S/C23H45NO2/c1-5-6-7-8-9-10-11-12-13-14-15-16-17-18-19-20-21-22(2)23(25)26-24(3)4/h2,5-21H2,1,3-4H3. The van der Waals surface area contributed by atoms with E-state index in [-0.39, 0.29) is 5.97 Å². The number of hydrogen-bond donors (Lipinski definition) is 0. The molecule has 0 unspecified atom stereocenters. The van der Waals surface area contributed by atoms with Crippen molar-refractivity contribution in [2.75, 3.05) is 14.1 Å². The van der Waals surface area contributed by atoms with E-state index in [2.05, 4.69) is 13.5 Å². The molecule has 0 heterocycles. The molecule has 0 aromatic carbocycles. The number of carbonyl (C=O) groups excluding carboxylic acids is 1. The minimum absolute atomic E-state index is 0.295. The van der Waals surface area contributed by atoms with Crippen molar-refractivity contribution in [3.63, 3.8) is 0 Å². The lowest BCUT2D eigenvalue weighted by Gasteiger charge is -2.11. The van der Waals surface area contributed by atoms with Crippen molar-refractivity contribution in [1.29, 1.82) is 0 Å². The van der Waals surface area contributed by atoms with Gasteiger partial charge in [0.05, 0.1) is 0 Å². The van der Waals surface area contributed by atoms with Gasteiger partial charge < -0.3 is 4.84 Å². The lowest BCUT2D eigenvalue weighted by molar-refractivity contribution is -0.173. The summed E-state index contributed by atoms with van der Waals surface area (Å²) in [6, 6.07) is 0. The van der Waals surface area contributed by atoms with Crippen LogP contribution in [0.3, 0.4) is 0 Å². The molecule has 3 heteroatoms. The van der Waals surface area contributed by atoms with Gasteiger partial charge in [0.2, 0.25) is 0 Å². The van der Waals surface area contributed by atoms with Gasteiger partial charge in [-0.15, -0.1) is 5.06 Å². The van der Waals surface area contributed by atoms with Crippen LogP contribution in [0.15, 0.2) is 12.2 Å². The molecule has 0 aromatic heterocycles. The van der Waals surface area contributed by atoms with Crippen LogP contribution in [0.5, 0.6) is 0 Å². The number of unbranched alkanes of at least 4 members (excludes halogenated alkanes) is 15. The normalized spacial score (nSPS) is 11.1. The van der Waals surface area contributed by atoms with Gasteiger partial charge in [-0.1, -0.05) is 110 Å². The van der Waals surface area contributed by atoms with Gasteiger partial charge in [-0.25, -0.2) is 4.79 Å². The SMILES string of the molecule is C=C(CCCCCCCCCCCCCCCCCC)C(=O)ON(C)C. The van der Waals surface area contributed by atoms with Crippen LogP contribution in [0, 0.1) is 0 Å². The van der Waals surface area contributed by atoms with E-state index in [1.165, 1.54) is 101 Å². The minimum Gasteiger partial charge on any atom is -0.365 e. The van der Waals surface area contributed by atoms with E-state index in [0.29, 0.717) is 5.57 Å². The highest BCUT2D eigenvalue weighted by molar-refractivity contribution is 5.87. The van der Waals surface area contributed by atoms with Crippen molar-refractivity contribution in [2.45, 2.75) is 116 Å². The zero-order valence-corrected chi connectivity index (χ0v) is 18.0. The molecule has 154 valence electrons. The Bertz CT molecular complexity index is 339. The second kappa shape index (κ2) is 18.9. The Labute approximate surface area is 163 Å². The molecular formula is C23H45NO2. The molecule has 0 aliphatic heterocycles. The first-order valence-corrected chi connectivity index (χ1v) is 11.1. The summed E-state index contributed by atoms with van der Waals surface area (Å²) in [5, 5.41) is 1.42. The second-order valence-electron chi connectivity index (χ2n) is 7.85. The quantitative estimate of drug-likeness (QED) is 0.137. The summed E-state index contributed by atoms with van der Waals surface area (Å²) in [7, 11) is 3.42. The van der Waals surface area contributed by atoms with Crippen LogP contribution in [-0.4, -0.2) is 25.1 Å². The van der Waals surface area contributed by atoms with Gasteiger partial charge in [0.1, 0.15) is 0 Å². The molecular weight excluding hydrogens is 322 g/mol. The predicted molar refractivity (Wildman–Crippen MR) is 113 cm³/mol. The first kappa shape index (κ1) is 25.2. The summed E-state index contributed by atoms with van der Waals surface area (Å²) in [5.74, 6) is -0.295. The van der Waals surface area contributed by atoms with Crippen LogP contribution in [0.2, 0.25) is 0 Å². The molecule has 0 fully saturated rings. The van der Waals surface area contributed by atoms with Gasteiger partial charge in [0.15, 0.2) is 0 Å². The Kier molecular flexibility index (Phi) is 18.3. The minimum atomic E-state index is -0.295. The molecule has 0 saturated carbocycles. The van der Waals surface area contributed by atoms with Gasteiger partial charge in [0, 0.05) is 19.7 Å². The highest BCUT2D eigenvalue weighted by Crippen LogP contribution is 2.15. The van der Waals surface area contributed by atoms with E-state index in [1.54, 1.807) is 14.1 Å². The number of hydrogen-bond acceptors (Lipinski definition) is 3. The van der Waals surface area contributed by atoms with Crippen LogP contribution in [0.1, 0.15) is 116 Å². The number of carbonyl (C=O) groups is 1. The Hall–Kier alpha value is -0.830. The van der Waals surface area contributed by atoms with E-state index in [4.69, 9.17) is 4.84 Å². The van der Waals surface area contributed by atoms with Gasteiger partial charge in [0.25, 0.3) is 0 Å². The fourth-order valence-corrected chi connectivity index (χ4v) is 3.22. The van der Waals surface area contributed by atoms with Crippen LogP contribution in [-0.2, 0) is 9.63 Å². The maximum absolute atomic E-state index is 11.6. The van der Waals surface area contributed by atoms with E-state index in [9.17, 15) is 4.79 Å². The summed E-state index contributed by atoms with van der Waals surface area (Å²) in [6.07, 6.45) is 22.5. The average molecular weight is 368 g/mol. The molecule has 0 spiro atoms. The lowest BCUT2D eigenvalue weighted by Crippen LogP contribution is -2.19. The zero-order valence-electron chi connectivity index (χ0n) is 18.0. The van der Waals surface area contributed by atoms with Crippen molar-refractivity contribution in [3.8, 4) is 0 Å². The molecule has 0 aromatic rings. The van der Waals surface area contributed by atoms with Gasteiger partial charge in [-0.05, 0) is 12.8 Å². The fraction of sp³-hybridized carbons (Fsp3) is 0.870. The van der Waals surface area contributed by atoms with E-state index in [0.717, 1.165) is 12.8 Å². The van der Waals surface area contributed by atoms with Gasteiger partial charge in [-0.3, -0.25) is 0 Å². The summed E-state index contributed by atoms with van der Waals surface area (Å²) in [4.78, 5) is 16.6. The van der Waals surface area contributed by atoms with E-state index < -0.39 is 0 Å². The highest BCUT2D eigenvalue weighted by atomic mass is 16.7. The van der Waals surface area contributed by atoms with Crippen molar-refractivity contribution in [3.05, 3.63) is 12.2 Å². The van der Waals surface area contributed by atoms with Crippen LogP contribution >= 0.6 is 0 Å². The third kappa shape index (κ3) is 18.0. The molecule has 0 N–H and O–H groups in total. The molecule has 26 heavy (non-hydrogen) atoms. The molecule has 0 atom stereocenters. The third-order valence-corrected chi connectivity index (χ3v) is 4.89. The predicted octanol–water partition coefficient (Wildman–Crippen LogP) is 7.21. The third-order valence-electron chi connectivity index (χ3n) is 4.89. The largest absolute Gasteiger partial charge is 0.365 e. The maximum atomic E-state index is 11.6. The zero-order chi connectivity index (χ0) is 19.5. The first-order valence-electron chi connectivity index (χ1n) is 11.1. The van der Waals surface area contributed by atoms with Crippen molar-refractivity contribution in [2.24, 2.45) is 0 Å². The van der Waals surface area contributed by atoms with Crippen molar-refractivity contribution in [1.82, 2.24) is 5.06 Å². The molecule has 0 bridgehead atoms. The Morgan fingerprint density at radius 2 is 1.04 bits per heavy atom. The topological polar surface area (TPSA) is 29.5 Å². The van der Waals surface area contributed by atoms with Crippen LogP contribution in [0.4, 0.5) is 0 Å². The lowest BCUT2D eigenvalue weighted by atomic mass is 10.0. The molecule has 0 radical (unpaired) electrons. The highest BCUT2D eigenvalue weighted by Gasteiger charge is 2.09. The first-order chi connectivity index (χ1) is 12.6. The van der Waals surface area contributed by atoms with Crippen molar-refractivity contribution < 1.29 is 9.63 Å². The van der Waals surface area contributed by atoms with E-state index >= 15 is 0 Å². The molecule has 0 aliphatic rings. The van der Waals surface area contributed by atoms with Crippen LogP contribution < -0.4 is 0 Å². The summed E-state index contributed by atoms with van der Waals surface area (Å²) < 4.78 is 0. The number of hydroxylamine groups is 2. The Balaban J connectivity index is 3.20. The molecule has 0 amide bonds. The molecule has 0 saturated heterocycles. The maximum Gasteiger partial charge on any atom is 0.352 e. The number of rotatable bonds is 19. The molecule has 0 aliphatic carbocycles. The Morgan fingerprint density at radius 1 is 0.692 bits per heavy atom. The Morgan fingerprint density at radius 3 is 1.38 bits per heavy atom. The number of nitrogens with zero attached hydrogens (tertiary/aromatic N) is 1. The smallest absolute Gasteiger partial charge is 0.352 e. The molecule has 0 rings (SSSR count). The van der Waals surface area contributed by atoms with Crippen molar-refractivity contribution >= 4 is 5.97 Å². The monoisotopic (exact) mass is 367 g/mol. The van der Waals surface area contributed by atoms with Crippen LogP contribution in [0.25, 0.3) is 0 Å². The van der Waals surface area contributed by atoms with Gasteiger partial charge in [-0.2, -0.15) is 0 Å². The molecule has 3 nitrogen and oxygen atoms in total. The second-order valence-corrected chi connectivity index (χ2v) is 7.85. The van der Waals surface area contributed by atoms with E-state index in [1.807, 2.05) is 0 Å². The summed E-state index contributed by atoms with van der Waals surface area (Å²) in [6.45, 7) is 6.09. The van der Waals surface area contributed by atoms with Gasteiger partial charge >= 0.3 is 5.97 Å². The fourth-order valence-electron chi connectivity index (χ4n) is 3.22.